The molecule has 132 valence electrons. The van der Waals surface area contributed by atoms with Crippen molar-refractivity contribution in [2.45, 2.75) is 31.9 Å². The molecule has 0 aliphatic carbocycles. The minimum atomic E-state index is -1.82. The summed E-state index contributed by atoms with van der Waals surface area (Å²) in [6.07, 6.45) is 2.61. The Morgan fingerprint density at radius 3 is 2.25 bits per heavy atom. The third-order valence-electron chi connectivity index (χ3n) is 3.23. The maximum atomic E-state index is 11.1. The van der Waals surface area contributed by atoms with Gasteiger partial charge in [-0.15, -0.1) is 5.59 Å². The van der Waals surface area contributed by atoms with Crippen LogP contribution in [0.25, 0.3) is 0 Å². The molecule has 0 unspecified atom stereocenters. The topological polar surface area (TPSA) is 136 Å². The first-order valence-corrected chi connectivity index (χ1v) is 7.29. The van der Waals surface area contributed by atoms with E-state index in [4.69, 9.17) is 29.7 Å². The average molecular weight is 340 g/mol. The van der Waals surface area contributed by atoms with Gasteiger partial charge in [-0.2, -0.15) is 0 Å². The van der Waals surface area contributed by atoms with Crippen LogP contribution < -0.4 is 5.59 Å². The molecule has 1 aromatic carbocycles. The number of aliphatic carboxylic acids is 3. The molecule has 0 aromatic heterocycles. The van der Waals surface area contributed by atoms with Gasteiger partial charge < -0.3 is 15.3 Å². The molecule has 1 atom stereocenters. The van der Waals surface area contributed by atoms with Crippen molar-refractivity contribution >= 4 is 17.9 Å². The molecule has 1 saturated heterocycles. The highest BCUT2D eigenvalue weighted by Crippen LogP contribution is 2.15. The van der Waals surface area contributed by atoms with Gasteiger partial charge in [-0.25, -0.2) is 14.6 Å². The summed E-state index contributed by atoms with van der Waals surface area (Å²) in [5.41, 5.74) is 3.80. The fourth-order valence-corrected chi connectivity index (χ4v) is 2.07. The summed E-state index contributed by atoms with van der Waals surface area (Å²) >= 11 is 0. The van der Waals surface area contributed by atoms with Gasteiger partial charge in [0.05, 0.1) is 6.61 Å². The number of carboxylic acids is 3. The van der Waals surface area contributed by atoms with Crippen LogP contribution in [0.1, 0.15) is 24.8 Å². The van der Waals surface area contributed by atoms with Crippen LogP contribution in [0, 0.1) is 0 Å². The Labute approximate surface area is 138 Å². The number of piperidine rings is 1. The largest absolute Gasteiger partial charge is 0.480 e. The number of carbonyl (C=O) groups is 3. The summed E-state index contributed by atoms with van der Waals surface area (Å²) < 4.78 is 0. The van der Waals surface area contributed by atoms with Gasteiger partial charge >= 0.3 is 17.9 Å². The van der Waals surface area contributed by atoms with E-state index < -0.39 is 23.9 Å². The number of rotatable bonds is 5. The van der Waals surface area contributed by atoms with Gasteiger partial charge in [-0.1, -0.05) is 30.3 Å². The number of carboxylic acid groups (broad SMARTS) is 3. The number of hydrogen-bond donors (Lipinski definition) is 4. The van der Waals surface area contributed by atoms with Crippen molar-refractivity contribution in [3.05, 3.63) is 35.9 Å². The predicted molar refractivity (Wildman–Crippen MR) is 81.6 cm³/mol. The van der Waals surface area contributed by atoms with E-state index in [0.717, 1.165) is 18.4 Å². The maximum absolute atomic E-state index is 11.1. The zero-order chi connectivity index (χ0) is 17.9. The number of hydrogen-bond acceptors (Lipinski definition) is 6. The van der Waals surface area contributed by atoms with Crippen molar-refractivity contribution in [1.82, 2.24) is 10.6 Å². The van der Waals surface area contributed by atoms with Crippen molar-refractivity contribution in [1.29, 1.82) is 0 Å². The summed E-state index contributed by atoms with van der Waals surface area (Å²) in [6, 6.07) is 9.27. The first-order valence-electron chi connectivity index (χ1n) is 7.29. The Hall–Kier alpha value is -2.49. The molecule has 0 amide bonds. The highest BCUT2D eigenvalue weighted by atomic mass is 16.7. The van der Waals surface area contributed by atoms with Gasteiger partial charge in [0.2, 0.25) is 0 Å². The van der Waals surface area contributed by atoms with Crippen molar-refractivity contribution in [2.24, 2.45) is 0 Å². The smallest absolute Gasteiger partial charge is 0.414 e. The minimum absolute atomic E-state index is 0.420. The Kier molecular flexibility index (Phi) is 8.41. The third-order valence-corrected chi connectivity index (χ3v) is 3.23. The second kappa shape index (κ2) is 10.3. The Morgan fingerprint density at radius 2 is 1.71 bits per heavy atom. The van der Waals surface area contributed by atoms with Gasteiger partial charge in [0.1, 0.15) is 6.04 Å². The van der Waals surface area contributed by atoms with Crippen LogP contribution in [0.5, 0.6) is 0 Å². The zero-order valence-electron chi connectivity index (χ0n) is 12.9. The predicted octanol–water partition coefficient (Wildman–Crippen LogP) is 0.718. The lowest BCUT2D eigenvalue weighted by Gasteiger charge is -2.32. The third kappa shape index (κ3) is 7.18. The minimum Gasteiger partial charge on any atom is -0.480 e. The Balaban J connectivity index is 0.000000413. The summed E-state index contributed by atoms with van der Waals surface area (Å²) in [5, 5.41) is 25.5. The van der Waals surface area contributed by atoms with E-state index in [2.05, 4.69) is 5.59 Å². The van der Waals surface area contributed by atoms with E-state index in [-0.39, 0.29) is 0 Å². The SMILES string of the molecule is O=C(O)C(=O)O.O=C(O)[C@@H]1CCCCN1NOCc1ccccc1. The molecule has 1 heterocycles. The van der Waals surface area contributed by atoms with Crippen LogP contribution in [-0.2, 0) is 25.8 Å². The molecule has 0 bridgehead atoms. The molecule has 1 aromatic rings. The number of nitrogens with one attached hydrogen (secondary N) is 1. The second-order valence-electron chi connectivity index (χ2n) is 5.02. The molecule has 9 nitrogen and oxygen atoms in total. The summed E-state index contributed by atoms with van der Waals surface area (Å²) in [7, 11) is 0. The van der Waals surface area contributed by atoms with Crippen LogP contribution in [0.15, 0.2) is 30.3 Å². The van der Waals surface area contributed by atoms with E-state index in [9.17, 15) is 4.79 Å². The summed E-state index contributed by atoms with van der Waals surface area (Å²) in [6.45, 7) is 1.12. The highest BCUT2D eigenvalue weighted by molar-refractivity contribution is 6.27. The molecule has 0 radical (unpaired) electrons. The Bertz CT molecular complexity index is 538. The summed E-state index contributed by atoms with van der Waals surface area (Å²) in [4.78, 5) is 34.6. The van der Waals surface area contributed by atoms with Gasteiger partial charge in [0.25, 0.3) is 0 Å². The van der Waals surface area contributed by atoms with Crippen molar-refractivity contribution < 1.29 is 34.5 Å². The Morgan fingerprint density at radius 1 is 1.08 bits per heavy atom. The van der Waals surface area contributed by atoms with E-state index in [0.29, 0.717) is 19.6 Å². The summed E-state index contributed by atoms with van der Waals surface area (Å²) in [5.74, 6) is -4.45. The molecule has 2 rings (SSSR count). The van der Waals surface area contributed by atoms with Gasteiger partial charge in [0, 0.05) is 6.54 Å². The van der Waals surface area contributed by atoms with Crippen LogP contribution in [0.2, 0.25) is 0 Å². The first-order chi connectivity index (χ1) is 11.4. The van der Waals surface area contributed by atoms with E-state index in [1.54, 1.807) is 5.01 Å². The lowest BCUT2D eigenvalue weighted by atomic mass is 10.0. The van der Waals surface area contributed by atoms with Gasteiger partial charge in [-0.05, 0) is 24.8 Å². The fraction of sp³-hybridized carbons (Fsp3) is 0.400. The van der Waals surface area contributed by atoms with E-state index in [1.165, 1.54) is 0 Å². The first kappa shape index (κ1) is 19.6. The van der Waals surface area contributed by atoms with Crippen LogP contribution in [0.4, 0.5) is 0 Å². The second-order valence-corrected chi connectivity index (χ2v) is 5.02. The molecule has 1 fully saturated rings. The van der Waals surface area contributed by atoms with Crippen LogP contribution in [-0.4, -0.2) is 50.8 Å². The highest BCUT2D eigenvalue weighted by Gasteiger charge is 2.28. The monoisotopic (exact) mass is 340 g/mol. The average Bonchev–Trinajstić information content (AvgIpc) is 2.56. The lowest BCUT2D eigenvalue weighted by molar-refractivity contribution is -0.162. The number of hydrazine groups is 1. The molecule has 0 spiro atoms. The molecule has 9 heteroatoms. The quantitative estimate of drug-likeness (QED) is 0.451. The lowest BCUT2D eigenvalue weighted by Crippen LogP contribution is -2.51. The molecule has 4 N–H and O–H groups in total. The molecular weight excluding hydrogens is 320 g/mol. The van der Waals surface area contributed by atoms with Crippen molar-refractivity contribution in [3.63, 3.8) is 0 Å². The van der Waals surface area contributed by atoms with Crippen molar-refractivity contribution in [2.75, 3.05) is 6.54 Å². The van der Waals surface area contributed by atoms with E-state index in [1.807, 2.05) is 30.3 Å². The maximum Gasteiger partial charge on any atom is 0.414 e. The van der Waals surface area contributed by atoms with Gasteiger partial charge in [-0.3, -0.25) is 9.63 Å². The molecule has 0 saturated carbocycles. The van der Waals surface area contributed by atoms with Crippen LogP contribution >= 0.6 is 0 Å². The van der Waals surface area contributed by atoms with Gasteiger partial charge in [0.15, 0.2) is 0 Å². The molecule has 1 aliphatic rings. The molecule has 24 heavy (non-hydrogen) atoms. The standard InChI is InChI=1S/C13H18N2O3.C2H2O4/c16-13(17)12-8-4-5-9-15(12)14-18-10-11-6-2-1-3-7-11;3-1(4)2(5)6/h1-3,6-7,12,14H,4-5,8-10H2,(H,16,17);(H,3,4)(H,5,6)/t12-;/m0./s1. The molecular formula is C15H20N2O7. The van der Waals surface area contributed by atoms with Crippen LogP contribution in [0.3, 0.4) is 0 Å². The fourth-order valence-electron chi connectivity index (χ4n) is 2.07. The number of nitrogens with zero attached hydrogens (tertiary/aromatic N) is 1. The van der Waals surface area contributed by atoms with E-state index >= 15 is 0 Å². The molecule has 1 aliphatic heterocycles. The normalized spacial score (nSPS) is 17.4. The van der Waals surface area contributed by atoms with Crippen molar-refractivity contribution in [3.8, 4) is 0 Å². The zero-order valence-corrected chi connectivity index (χ0v) is 12.9. The number of benzene rings is 1.